The molecule has 30 heavy (non-hydrogen) atoms. The molecule has 1 saturated carbocycles. The van der Waals surface area contributed by atoms with Crippen LogP contribution in [0.4, 0.5) is 11.4 Å². The van der Waals surface area contributed by atoms with Gasteiger partial charge in [0, 0.05) is 23.0 Å². The fourth-order valence-electron chi connectivity index (χ4n) is 3.43. The van der Waals surface area contributed by atoms with E-state index in [1.165, 1.54) is 19.3 Å². The highest BCUT2D eigenvalue weighted by atomic mass is 16.5. The molecule has 0 atom stereocenters. The average Bonchev–Trinajstić information content (AvgIpc) is 2.78. The Bertz CT molecular complexity index is 841. The Balaban J connectivity index is 1.43. The van der Waals surface area contributed by atoms with Crippen molar-refractivity contribution in [3.05, 3.63) is 66.7 Å². The number of benzene rings is 2. The molecule has 2 aromatic rings. The van der Waals surface area contributed by atoms with Crippen molar-refractivity contribution in [2.45, 2.75) is 38.1 Å². The zero-order chi connectivity index (χ0) is 21.2. The Morgan fingerprint density at radius 3 is 2.30 bits per heavy atom. The van der Waals surface area contributed by atoms with Crippen LogP contribution in [0.15, 0.2) is 61.2 Å². The second kappa shape index (κ2) is 11.0. The largest absolute Gasteiger partial charge is 0.490 e. The first-order chi connectivity index (χ1) is 14.6. The van der Waals surface area contributed by atoms with Gasteiger partial charge in [0.2, 0.25) is 5.91 Å². The van der Waals surface area contributed by atoms with E-state index in [4.69, 9.17) is 4.74 Å². The van der Waals surface area contributed by atoms with Gasteiger partial charge in [-0.2, -0.15) is 0 Å². The van der Waals surface area contributed by atoms with Crippen LogP contribution in [0, 0.1) is 0 Å². The lowest BCUT2D eigenvalue weighted by atomic mass is 9.95. The minimum atomic E-state index is -0.165. The summed E-state index contributed by atoms with van der Waals surface area (Å²) in [5.74, 6) is 0.529. The normalized spacial score (nSPS) is 13.9. The number of amides is 2. The molecule has 0 unspecified atom stereocenters. The number of nitrogens with one attached hydrogen (secondary N) is 3. The van der Waals surface area contributed by atoms with Crippen molar-refractivity contribution < 1.29 is 14.3 Å². The molecule has 0 aromatic heterocycles. The first kappa shape index (κ1) is 21.4. The van der Waals surface area contributed by atoms with Crippen molar-refractivity contribution in [1.82, 2.24) is 5.32 Å². The van der Waals surface area contributed by atoms with Crippen LogP contribution in [-0.2, 0) is 4.79 Å². The zero-order valence-corrected chi connectivity index (χ0v) is 17.2. The van der Waals surface area contributed by atoms with Crippen LogP contribution < -0.4 is 20.7 Å². The Morgan fingerprint density at radius 2 is 1.63 bits per heavy atom. The third-order valence-corrected chi connectivity index (χ3v) is 5.05. The van der Waals surface area contributed by atoms with Gasteiger partial charge >= 0.3 is 0 Å². The summed E-state index contributed by atoms with van der Waals surface area (Å²) in [6.07, 6.45) is 7.40. The predicted molar refractivity (Wildman–Crippen MR) is 120 cm³/mol. The van der Waals surface area contributed by atoms with Crippen LogP contribution in [0.3, 0.4) is 0 Å². The molecule has 0 radical (unpaired) electrons. The molecular weight excluding hydrogens is 378 g/mol. The summed E-state index contributed by atoms with van der Waals surface area (Å²) >= 11 is 0. The summed E-state index contributed by atoms with van der Waals surface area (Å²) in [6, 6.07) is 14.6. The smallest absolute Gasteiger partial charge is 0.251 e. The molecule has 6 nitrogen and oxygen atoms in total. The van der Waals surface area contributed by atoms with E-state index in [-0.39, 0.29) is 24.4 Å². The van der Waals surface area contributed by atoms with Crippen LogP contribution in [0.2, 0.25) is 0 Å². The predicted octanol–water partition coefficient (Wildman–Crippen LogP) is 4.36. The van der Waals surface area contributed by atoms with E-state index >= 15 is 0 Å². The van der Waals surface area contributed by atoms with Crippen molar-refractivity contribution >= 4 is 23.2 Å². The molecule has 3 rings (SSSR count). The van der Waals surface area contributed by atoms with E-state index in [9.17, 15) is 9.59 Å². The van der Waals surface area contributed by atoms with E-state index in [0.717, 1.165) is 24.3 Å². The van der Waals surface area contributed by atoms with Crippen molar-refractivity contribution in [1.29, 1.82) is 0 Å². The van der Waals surface area contributed by atoms with Crippen LogP contribution in [0.25, 0.3) is 0 Å². The number of carbonyl (C=O) groups is 2. The molecule has 158 valence electrons. The lowest BCUT2D eigenvalue weighted by molar-refractivity contribution is -0.114. The third kappa shape index (κ3) is 6.65. The maximum Gasteiger partial charge on any atom is 0.251 e. The number of ether oxygens (including phenoxy) is 1. The highest BCUT2D eigenvalue weighted by molar-refractivity contribution is 5.96. The maximum absolute atomic E-state index is 12.4. The molecule has 0 aliphatic heterocycles. The molecule has 1 aliphatic carbocycles. The standard InChI is InChI=1S/C24H29N3O3/c1-2-16-30-22-14-12-19(13-15-22)25-17-23(28)26-21-10-8-18(9-11-21)24(29)27-20-6-4-3-5-7-20/h2,8-15,20,25H,1,3-7,16-17H2,(H,26,28)(H,27,29). The Hall–Kier alpha value is -3.28. The Morgan fingerprint density at radius 1 is 0.967 bits per heavy atom. The minimum absolute atomic E-state index is 0.0537. The maximum atomic E-state index is 12.4. The number of rotatable bonds is 9. The van der Waals surface area contributed by atoms with Gasteiger partial charge in [-0.3, -0.25) is 9.59 Å². The number of anilines is 2. The molecule has 6 heteroatoms. The van der Waals surface area contributed by atoms with E-state index < -0.39 is 0 Å². The molecule has 2 aromatic carbocycles. The Kier molecular flexibility index (Phi) is 7.89. The van der Waals surface area contributed by atoms with Crippen LogP contribution in [-0.4, -0.2) is 31.0 Å². The fourth-order valence-corrected chi connectivity index (χ4v) is 3.43. The SMILES string of the molecule is C=CCOc1ccc(NCC(=O)Nc2ccc(C(=O)NC3CCCCC3)cc2)cc1. The van der Waals surface area contributed by atoms with Crippen molar-refractivity contribution in [2.24, 2.45) is 0 Å². The van der Waals surface area contributed by atoms with Gasteiger partial charge in [-0.05, 0) is 61.4 Å². The van der Waals surface area contributed by atoms with Gasteiger partial charge < -0.3 is 20.7 Å². The average molecular weight is 408 g/mol. The van der Waals surface area contributed by atoms with E-state index in [1.54, 1.807) is 30.3 Å². The van der Waals surface area contributed by atoms with Crippen molar-refractivity contribution in [3.63, 3.8) is 0 Å². The van der Waals surface area contributed by atoms with Gasteiger partial charge in [-0.15, -0.1) is 0 Å². The highest BCUT2D eigenvalue weighted by Gasteiger charge is 2.16. The molecular formula is C24H29N3O3. The lowest BCUT2D eigenvalue weighted by Gasteiger charge is -2.22. The van der Waals surface area contributed by atoms with Crippen molar-refractivity contribution in [2.75, 3.05) is 23.8 Å². The van der Waals surface area contributed by atoms with Gasteiger partial charge in [0.1, 0.15) is 12.4 Å². The minimum Gasteiger partial charge on any atom is -0.490 e. The first-order valence-corrected chi connectivity index (χ1v) is 10.4. The molecule has 0 bridgehead atoms. The molecule has 0 saturated heterocycles. The van der Waals surface area contributed by atoms with Gasteiger partial charge in [-0.1, -0.05) is 31.9 Å². The monoisotopic (exact) mass is 407 g/mol. The second-order valence-electron chi connectivity index (χ2n) is 7.41. The van der Waals surface area contributed by atoms with Crippen LogP contribution in [0.5, 0.6) is 5.75 Å². The summed E-state index contributed by atoms with van der Waals surface area (Å²) in [4.78, 5) is 24.6. The summed E-state index contributed by atoms with van der Waals surface area (Å²) in [7, 11) is 0. The zero-order valence-electron chi connectivity index (χ0n) is 17.2. The molecule has 1 aliphatic rings. The number of hydrogen-bond donors (Lipinski definition) is 3. The number of hydrogen-bond acceptors (Lipinski definition) is 4. The van der Waals surface area contributed by atoms with E-state index in [0.29, 0.717) is 17.9 Å². The first-order valence-electron chi connectivity index (χ1n) is 10.4. The molecule has 0 spiro atoms. The summed E-state index contributed by atoms with van der Waals surface area (Å²) < 4.78 is 5.43. The van der Waals surface area contributed by atoms with Gasteiger partial charge in [0.25, 0.3) is 5.91 Å². The summed E-state index contributed by atoms with van der Waals surface area (Å²) in [5, 5.41) is 9.00. The molecule has 3 N–H and O–H groups in total. The second-order valence-corrected chi connectivity index (χ2v) is 7.41. The third-order valence-electron chi connectivity index (χ3n) is 5.05. The number of carbonyl (C=O) groups excluding carboxylic acids is 2. The highest BCUT2D eigenvalue weighted by Crippen LogP contribution is 2.18. The van der Waals surface area contributed by atoms with Crippen LogP contribution >= 0.6 is 0 Å². The van der Waals surface area contributed by atoms with Crippen LogP contribution in [0.1, 0.15) is 42.5 Å². The summed E-state index contributed by atoms with van der Waals surface area (Å²) in [5.41, 5.74) is 2.09. The van der Waals surface area contributed by atoms with Gasteiger partial charge in [0.05, 0.1) is 6.54 Å². The van der Waals surface area contributed by atoms with E-state index in [1.807, 2.05) is 24.3 Å². The van der Waals surface area contributed by atoms with Gasteiger partial charge in [-0.25, -0.2) is 0 Å². The lowest BCUT2D eigenvalue weighted by Crippen LogP contribution is -2.36. The van der Waals surface area contributed by atoms with Gasteiger partial charge in [0.15, 0.2) is 0 Å². The molecule has 1 fully saturated rings. The molecule has 2 amide bonds. The summed E-state index contributed by atoms with van der Waals surface area (Å²) in [6.45, 7) is 4.20. The Labute approximate surface area is 177 Å². The topological polar surface area (TPSA) is 79.5 Å². The quantitative estimate of drug-likeness (QED) is 0.540. The molecule has 0 heterocycles. The van der Waals surface area contributed by atoms with E-state index in [2.05, 4.69) is 22.5 Å². The van der Waals surface area contributed by atoms with Crippen molar-refractivity contribution in [3.8, 4) is 5.75 Å². The fraction of sp³-hybridized carbons (Fsp3) is 0.333.